The van der Waals surface area contributed by atoms with Crippen LogP contribution in [0.5, 0.6) is 11.6 Å². The highest BCUT2D eigenvalue weighted by Gasteiger charge is 2.20. The number of hydrogen-bond donors (Lipinski definition) is 2. The molecule has 7 heteroatoms. The van der Waals surface area contributed by atoms with Crippen LogP contribution in [0.3, 0.4) is 0 Å². The summed E-state index contributed by atoms with van der Waals surface area (Å²) in [5.41, 5.74) is 0.937. The molecular weight excluding hydrogens is 324 g/mol. The first-order valence-electron chi connectivity index (χ1n) is 7.99. The largest absolute Gasteiger partial charge is 0.482 e. The van der Waals surface area contributed by atoms with E-state index >= 15 is 0 Å². The van der Waals surface area contributed by atoms with Crippen LogP contribution in [0.25, 0.3) is 0 Å². The lowest BCUT2D eigenvalue weighted by Crippen LogP contribution is -2.25. The minimum absolute atomic E-state index is 0.189. The van der Waals surface area contributed by atoms with Gasteiger partial charge in [-0.1, -0.05) is 6.07 Å². The second kappa shape index (κ2) is 7.65. The van der Waals surface area contributed by atoms with E-state index in [1.165, 1.54) is 6.20 Å². The van der Waals surface area contributed by atoms with E-state index in [-0.39, 0.29) is 12.0 Å². The molecule has 1 saturated carbocycles. The van der Waals surface area contributed by atoms with Crippen LogP contribution in [0.1, 0.15) is 29.6 Å². The normalized spacial score (nSPS) is 13.6. The number of ether oxygens (including phenoxy) is 2. The van der Waals surface area contributed by atoms with Crippen molar-refractivity contribution < 1.29 is 24.2 Å². The van der Waals surface area contributed by atoms with Gasteiger partial charge in [-0.3, -0.25) is 4.79 Å². The molecule has 1 aliphatic rings. The van der Waals surface area contributed by atoms with Gasteiger partial charge in [0.2, 0.25) is 5.88 Å². The zero-order valence-electron chi connectivity index (χ0n) is 13.5. The average molecular weight is 342 g/mol. The van der Waals surface area contributed by atoms with Gasteiger partial charge in [-0.15, -0.1) is 0 Å². The summed E-state index contributed by atoms with van der Waals surface area (Å²) in [6, 6.07) is 9.76. The fraction of sp³-hybridized carbons (Fsp3) is 0.278. The number of nitrogens with zero attached hydrogens (tertiary/aromatic N) is 1. The van der Waals surface area contributed by atoms with E-state index in [9.17, 15) is 9.59 Å². The standard InChI is InChI=1S/C18H18N2O5/c21-17(22)11-24-15-6-1-3-13(10-15)20-18(23)12-7-8-19-16(9-12)25-14-4-2-5-14/h1,3,6-10,14H,2,4-5,11H2,(H,20,23)(H,21,22). The first-order valence-corrected chi connectivity index (χ1v) is 7.99. The first-order chi connectivity index (χ1) is 12.1. The summed E-state index contributed by atoms with van der Waals surface area (Å²) in [5.74, 6) is -0.568. The summed E-state index contributed by atoms with van der Waals surface area (Å²) < 4.78 is 10.8. The quantitative estimate of drug-likeness (QED) is 0.803. The van der Waals surface area contributed by atoms with Crippen molar-refractivity contribution in [3.05, 3.63) is 48.2 Å². The first kappa shape index (κ1) is 16.8. The van der Waals surface area contributed by atoms with Gasteiger partial charge >= 0.3 is 5.97 Å². The Morgan fingerprint density at radius 1 is 1.24 bits per heavy atom. The Labute approximate surface area is 144 Å². The minimum atomic E-state index is -1.06. The van der Waals surface area contributed by atoms with Gasteiger partial charge in [0, 0.05) is 29.6 Å². The molecule has 130 valence electrons. The third kappa shape index (κ3) is 4.69. The van der Waals surface area contributed by atoms with Gasteiger partial charge in [-0.05, 0) is 37.5 Å². The van der Waals surface area contributed by atoms with Crippen LogP contribution in [-0.4, -0.2) is 34.7 Å². The molecule has 1 aromatic heterocycles. The van der Waals surface area contributed by atoms with Gasteiger partial charge in [0.25, 0.3) is 5.91 Å². The maximum atomic E-state index is 12.4. The number of amides is 1. The average Bonchev–Trinajstić information content (AvgIpc) is 2.57. The lowest BCUT2D eigenvalue weighted by Gasteiger charge is -2.25. The lowest BCUT2D eigenvalue weighted by molar-refractivity contribution is -0.139. The molecule has 0 atom stereocenters. The number of carboxylic acids is 1. The van der Waals surface area contributed by atoms with Crippen molar-refractivity contribution in [2.24, 2.45) is 0 Å². The van der Waals surface area contributed by atoms with Crippen molar-refractivity contribution in [2.45, 2.75) is 25.4 Å². The number of rotatable bonds is 7. The van der Waals surface area contributed by atoms with Crippen LogP contribution in [0, 0.1) is 0 Å². The molecule has 0 aliphatic heterocycles. The van der Waals surface area contributed by atoms with E-state index in [0.29, 0.717) is 22.9 Å². The number of hydrogen-bond acceptors (Lipinski definition) is 5. The zero-order chi connectivity index (χ0) is 17.6. The fourth-order valence-electron chi connectivity index (χ4n) is 2.29. The number of aromatic nitrogens is 1. The summed E-state index contributed by atoms with van der Waals surface area (Å²) in [6.07, 6.45) is 4.91. The predicted molar refractivity (Wildman–Crippen MR) is 90.0 cm³/mol. The zero-order valence-corrected chi connectivity index (χ0v) is 13.5. The predicted octanol–water partition coefficient (Wildman–Crippen LogP) is 2.73. The molecule has 2 aromatic rings. The molecule has 1 heterocycles. The van der Waals surface area contributed by atoms with E-state index < -0.39 is 12.6 Å². The molecule has 1 aromatic carbocycles. The van der Waals surface area contributed by atoms with E-state index in [0.717, 1.165) is 19.3 Å². The molecular formula is C18H18N2O5. The second-order valence-corrected chi connectivity index (χ2v) is 5.72. The molecule has 2 N–H and O–H groups in total. The Morgan fingerprint density at radius 3 is 2.80 bits per heavy atom. The molecule has 1 aliphatic carbocycles. The highest BCUT2D eigenvalue weighted by atomic mass is 16.5. The maximum absolute atomic E-state index is 12.4. The molecule has 25 heavy (non-hydrogen) atoms. The second-order valence-electron chi connectivity index (χ2n) is 5.72. The van der Waals surface area contributed by atoms with Crippen LogP contribution < -0.4 is 14.8 Å². The van der Waals surface area contributed by atoms with Crippen LogP contribution in [0.4, 0.5) is 5.69 Å². The van der Waals surface area contributed by atoms with Crippen molar-refractivity contribution in [2.75, 3.05) is 11.9 Å². The number of benzene rings is 1. The minimum Gasteiger partial charge on any atom is -0.482 e. The van der Waals surface area contributed by atoms with Gasteiger partial charge in [0.15, 0.2) is 6.61 Å². The Bertz CT molecular complexity index is 774. The van der Waals surface area contributed by atoms with E-state index in [1.54, 1.807) is 36.4 Å². The highest BCUT2D eigenvalue weighted by Crippen LogP contribution is 2.24. The Balaban J connectivity index is 1.64. The van der Waals surface area contributed by atoms with Gasteiger partial charge < -0.3 is 19.9 Å². The number of pyridine rings is 1. The van der Waals surface area contributed by atoms with Crippen LogP contribution >= 0.6 is 0 Å². The Hall–Kier alpha value is -3.09. The fourth-order valence-corrected chi connectivity index (χ4v) is 2.29. The van der Waals surface area contributed by atoms with Crippen molar-refractivity contribution >= 4 is 17.6 Å². The van der Waals surface area contributed by atoms with Gasteiger partial charge in [-0.25, -0.2) is 9.78 Å². The van der Waals surface area contributed by atoms with Crippen LogP contribution in [-0.2, 0) is 4.79 Å². The molecule has 1 amide bonds. The third-order valence-corrected chi connectivity index (χ3v) is 3.79. The molecule has 0 radical (unpaired) electrons. The summed E-state index contributed by atoms with van der Waals surface area (Å²) in [7, 11) is 0. The summed E-state index contributed by atoms with van der Waals surface area (Å²) in [4.78, 5) is 27.1. The number of aliphatic carboxylic acids is 1. The number of carbonyl (C=O) groups is 2. The summed E-state index contributed by atoms with van der Waals surface area (Å²) >= 11 is 0. The number of nitrogens with one attached hydrogen (secondary N) is 1. The Morgan fingerprint density at radius 2 is 2.08 bits per heavy atom. The summed E-state index contributed by atoms with van der Waals surface area (Å²) in [6.45, 7) is -0.441. The molecule has 0 bridgehead atoms. The number of anilines is 1. The van der Waals surface area contributed by atoms with Crippen molar-refractivity contribution in [1.29, 1.82) is 0 Å². The molecule has 1 fully saturated rings. The number of carboxylic acid groups (broad SMARTS) is 1. The molecule has 3 rings (SSSR count). The molecule has 0 unspecified atom stereocenters. The molecule has 0 saturated heterocycles. The maximum Gasteiger partial charge on any atom is 0.341 e. The van der Waals surface area contributed by atoms with Crippen molar-refractivity contribution in [3.8, 4) is 11.6 Å². The topological polar surface area (TPSA) is 97.8 Å². The van der Waals surface area contributed by atoms with Gasteiger partial charge in [-0.2, -0.15) is 0 Å². The van der Waals surface area contributed by atoms with Gasteiger partial charge in [0.1, 0.15) is 11.9 Å². The molecule has 0 spiro atoms. The van der Waals surface area contributed by atoms with E-state index in [4.69, 9.17) is 14.6 Å². The van der Waals surface area contributed by atoms with Crippen LogP contribution in [0.2, 0.25) is 0 Å². The van der Waals surface area contributed by atoms with Gasteiger partial charge in [0.05, 0.1) is 0 Å². The molecule has 7 nitrogen and oxygen atoms in total. The lowest BCUT2D eigenvalue weighted by atomic mass is 9.96. The van der Waals surface area contributed by atoms with Crippen molar-refractivity contribution in [3.63, 3.8) is 0 Å². The monoisotopic (exact) mass is 342 g/mol. The summed E-state index contributed by atoms with van der Waals surface area (Å²) in [5, 5.41) is 11.4. The smallest absolute Gasteiger partial charge is 0.341 e. The van der Waals surface area contributed by atoms with Crippen molar-refractivity contribution in [1.82, 2.24) is 4.98 Å². The van der Waals surface area contributed by atoms with E-state index in [2.05, 4.69) is 10.3 Å². The SMILES string of the molecule is O=C(O)COc1cccc(NC(=O)c2ccnc(OC3CCC3)c2)c1. The Kier molecular flexibility index (Phi) is 5.13. The highest BCUT2D eigenvalue weighted by molar-refractivity contribution is 6.04. The van der Waals surface area contributed by atoms with E-state index in [1.807, 2.05) is 0 Å². The van der Waals surface area contributed by atoms with Crippen LogP contribution in [0.15, 0.2) is 42.6 Å². The third-order valence-electron chi connectivity index (χ3n) is 3.79. The number of carbonyl (C=O) groups excluding carboxylic acids is 1.